The summed E-state index contributed by atoms with van der Waals surface area (Å²) in [6.07, 6.45) is 0.0926. The summed E-state index contributed by atoms with van der Waals surface area (Å²) in [5.74, 6) is -0.0271. The molecule has 0 saturated heterocycles. The Morgan fingerprint density at radius 1 is 1.18 bits per heavy atom. The van der Waals surface area contributed by atoms with Crippen LogP contribution in [0.5, 0.6) is 0 Å². The fourth-order valence-corrected chi connectivity index (χ4v) is 3.40. The van der Waals surface area contributed by atoms with Crippen molar-refractivity contribution in [3.8, 4) is 0 Å². The fourth-order valence-electron chi connectivity index (χ4n) is 3.40. The summed E-state index contributed by atoms with van der Waals surface area (Å²) in [5, 5.41) is 4.06. The Bertz CT molecular complexity index is 937. The zero-order valence-corrected chi connectivity index (χ0v) is 16.0. The molecule has 8 heteroatoms. The molecule has 0 unspecified atom stereocenters. The lowest BCUT2D eigenvalue weighted by molar-refractivity contribution is 0.0217. The van der Waals surface area contributed by atoms with Crippen LogP contribution in [-0.2, 0) is 24.2 Å². The molecule has 4 rings (SSSR count). The number of carbonyl (C=O) groups excluding carboxylic acids is 3. The Kier molecular flexibility index (Phi) is 4.21. The number of hydrogen-bond acceptors (Lipinski definition) is 6. The van der Waals surface area contributed by atoms with Crippen LogP contribution >= 0.6 is 0 Å². The summed E-state index contributed by atoms with van der Waals surface area (Å²) < 4.78 is 10.8. The average Bonchev–Trinajstić information content (AvgIpc) is 3.15. The average molecular weight is 383 g/mol. The molecule has 1 aromatic heterocycles. The zero-order valence-electron chi connectivity index (χ0n) is 16.0. The largest absolute Gasteiger partial charge is 0.444 e. The molecule has 3 heterocycles. The van der Waals surface area contributed by atoms with Gasteiger partial charge in [-0.15, -0.1) is 0 Å². The highest BCUT2D eigenvalue weighted by molar-refractivity contribution is 6.21. The third-order valence-corrected chi connectivity index (χ3v) is 4.75. The van der Waals surface area contributed by atoms with Gasteiger partial charge in [-0.1, -0.05) is 17.3 Å². The molecular weight excluding hydrogens is 362 g/mol. The van der Waals surface area contributed by atoms with Crippen LogP contribution in [0.2, 0.25) is 0 Å². The van der Waals surface area contributed by atoms with Crippen molar-refractivity contribution in [1.82, 2.24) is 15.0 Å². The van der Waals surface area contributed by atoms with Crippen LogP contribution in [0.15, 0.2) is 28.8 Å². The predicted molar refractivity (Wildman–Crippen MR) is 97.5 cm³/mol. The number of benzene rings is 1. The third kappa shape index (κ3) is 3.15. The second-order valence-corrected chi connectivity index (χ2v) is 7.92. The number of carbonyl (C=O) groups is 3. The number of fused-ring (bicyclic) bond motifs is 2. The summed E-state index contributed by atoms with van der Waals surface area (Å²) in [5.41, 5.74) is 1.40. The lowest BCUT2D eigenvalue weighted by atomic mass is 10.1. The van der Waals surface area contributed by atoms with E-state index >= 15 is 0 Å². The molecule has 0 N–H and O–H groups in total. The number of amides is 3. The molecule has 0 bridgehead atoms. The molecule has 146 valence electrons. The monoisotopic (exact) mass is 383 g/mol. The molecule has 2 aliphatic rings. The molecule has 0 atom stereocenters. The maximum absolute atomic E-state index is 12.6. The smallest absolute Gasteiger partial charge is 0.410 e. The van der Waals surface area contributed by atoms with E-state index in [0.29, 0.717) is 35.5 Å². The standard InChI is InChI=1S/C20H21N3O5/c1-20(2,3)27-19(26)22-9-8-16-14(10-22)15(21-28-16)11-23-17(24)12-6-4-5-7-13(12)18(23)25/h4-7H,8-11H2,1-3H3. The number of ether oxygens (including phenoxy) is 1. The van der Waals surface area contributed by atoms with E-state index in [2.05, 4.69) is 5.16 Å². The first-order valence-corrected chi connectivity index (χ1v) is 9.14. The summed E-state index contributed by atoms with van der Waals surface area (Å²) in [7, 11) is 0. The number of nitrogens with zero attached hydrogens (tertiary/aromatic N) is 3. The topological polar surface area (TPSA) is 92.9 Å². The SMILES string of the molecule is CC(C)(C)OC(=O)N1CCc2onc(CN3C(=O)c4ccccc4C3=O)c2C1. The quantitative estimate of drug-likeness (QED) is 0.741. The molecule has 0 aliphatic carbocycles. The lowest BCUT2D eigenvalue weighted by Gasteiger charge is -2.29. The van der Waals surface area contributed by atoms with E-state index in [4.69, 9.17) is 9.26 Å². The third-order valence-electron chi connectivity index (χ3n) is 4.75. The van der Waals surface area contributed by atoms with Crippen molar-refractivity contribution in [2.24, 2.45) is 0 Å². The van der Waals surface area contributed by atoms with Crippen LogP contribution in [0.4, 0.5) is 4.79 Å². The highest BCUT2D eigenvalue weighted by atomic mass is 16.6. The van der Waals surface area contributed by atoms with Gasteiger partial charge < -0.3 is 14.2 Å². The normalized spacial score (nSPS) is 16.2. The molecule has 28 heavy (non-hydrogen) atoms. The molecule has 0 saturated carbocycles. The molecule has 8 nitrogen and oxygen atoms in total. The minimum Gasteiger partial charge on any atom is -0.444 e. The summed E-state index contributed by atoms with van der Waals surface area (Å²) in [6.45, 7) is 6.18. The summed E-state index contributed by atoms with van der Waals surface area (Å²) in [4.78, 5) is 40.3. The number of hydrogen-bond donors (Lipinski definition) is 0. The molecular formula is C20H21N3O5. The maximum Gasteiger partial charge on any atom is 0.410 e. The van der Waals surface area contributed by atoms with Crippen LogP contribution in [0.3, 0.4) is 0 Å². The minimum atomic E-state index is -0.588. The van der Waals surface area contributed by atoms with Gasteiger partial charge in [-0.25, -0.2) is 4.79 Å². The Balaban J connectivity index is 1.54. The second-order valence-electron chi connectivity index (χ2n) is 7.92. The number of imide groups is 1. The van der Waals surface area contributed by atoms with Gasteiger partial charge in [0, 0.05) is 18.5 Å². The van der Waals surface area contributed by atoms with E-state index in [1.54, 1.807) is 29.2 Å². The molecule has 0 fully saturated rings. The second kappa shape index (κ2) is 6.47. The highest BCUT2D eigenvalue weighted by Crippen LogP contribution is 2.28. The minimum absolute atomic E-state index is 0.00728. The van der Waals surface area contributed by atoms with Crippen molar-refractivity contribution in [3.63, 3.8) is 0 Å². The van der Waals surface area contributed by atoms with Crippen molar-refractivity contribution < 1.29 is 23.6 Å². The van der Waals surface area contributed by atoms with Crippen molar-refractivity contribution in [2.75, 3.05) is 6.54 Å². The lowest BCUT2D eigenvalue weighted by Crippen LogP contribution is -2.40. The highest BCUT2D eigenvalue weighted by Gasteiger charge is 2.37. The van der Waals surface area contributed by atoms with Crippen molar-refractivity contribution in [2.45, 2.75) is 45.9 Å². The van der Waals surface area contributed by atoms with E-state index in [1.807, 2.05) is 20.8 Å². The van der Waals surface area contributed by atoms with Crippen LogP contribution in [0.1, 0.15) is 58.5 Å². The van der Waals surface area contributed by atoms with E-state index < -0.39 is 11.7 Å². The summed E-state index contributed by atoms with van der Waals surface area (Å²) >= 11 is 0. The van der Waals surface area contributed by atoms with Crippen LogP contribution in [0, 0.1) is 0 Å². The fraction of sp³-hybridized carbons (Fsp3) is 0.400. The van der Waals surface area contributed by atoms with E-state index in [-0.39, 0.29) is 24.9 Å². The molecule has 2 aliphatic heterocycles. The molecule has 3 amide bonds. The van der Waals surface area contributed by atoms with E-state index in [9.17, 15) is 14.4 Å². The Hall–Kier alpha value is -3.16. The Morgan fingerprint density at radius 3 is 2.43 bits per heavy atom. The number of rotatable bonds is 2. The molecule has 2 aromatic rings. The van der Waals surface area contributed by atoms with Gasteiger partial charge in [0.05, 0.1) is 24.2 Å². The predicted octanol–water partition coefficient (Wildman–Crippen LogP) is 2.76. The number of aromatic nitrogens is 1. The van der Waals surface area contributed by atoms with Crippen molar-refractivity contribution >= 4 is 17.9 Å². The Labute approximate surface area is 162 Å². The van der Waals surface area contributed by atoms with Crippen LogP contribution < -0.4 is 0 Å². The van der Waals surface area contributed by atoms with Crippen molar-refractivity contribution in [1.29, 1.82) is 0 Å². The van der Waals surface area contributed by atoms with Gasteiger partial charge in [-0.3, -0.25) is 14.5 Å². The van der Waals surface area contributed by atoms with Gasteiger partial charge >= 0.3 is 6.09 Å². The Morgan fingerprint density at radius 2 is 1.82 bits per heavy atom. The van der Waals surface area contributed by atoms with Gasteiger partial charge in [0.25, 0.3) is 11.8 Å². The molecule has 1 aromatic carbocycles. The van der Waals surface area contributed by atoms with E-state index in [1.165, 1.54) is 0 Å². The zero-order chi connectivity index (χ0) is 20.1. The van der Waals surface area contributed by atoms with Crippen LogP contribution in [-0.4, -0.2) is 45.0 Å². The first-order valence-electron chi connectivity index (χ1n) is 9.14. The van der Waals surface area contributed by atoms with Gasteiger partial charge in [0.2, 0.25) is 0 Å². The van der Waals surface area contributed by atoms with Gasteiger partial charge in [-0.2, -0.15) is 0 Å². The maximum atomic E-state index is 12.6. The van der Waals surface area contributed by atoms with E-state index in [0.717, 1.165) is 10.5 Å². The van der Waals surface area contributed by atoms with Crippen molar-refractivity contribution in [3.05, 3.63) is 52.4 Å². The molecule has 0 spiro atoms. The van der Waals surface area contributed by atoms with Gasteiger partial charge in [-0.05, 0) is 32.9 Å². The first-order chi connectivity index (χ1) is 13.2. The van der Waals surface area contributed by atoms with Gasteiger partial charge in [0.15, 0.2) is 0 Å². The first kappa shape index (κ1) is 18.2. The summed E-state index contributed by atoms with van der Waals surface area (Å²) in [6, 6.07) is 6.73. The van der Waals surface area contributed by atoms with Crippen LogP contribution in [0.25, 0.3) is 0 Å². The van der Waals surface area contributed by atoms with Gasteiger partial charge in [0.1, 0.15) is 17.1 Å². The molecule has 0 radical (unpaired) electrons.